The van der Waals surface area contributed by atoms with Gasteiger partial charge in [-0.1, -0.05) is 27.5 Å². The van der Waals surface area contributed by atoms with Gasteiger partial charge in [0.05, 0.1) is 30.3 Å². The fraction of sp³-hybridized carbons (Fsp3) is 0.263. The maximum absolute atomic E-state index is 12.5. The minimum Gasteiger partial charge on any atom is -0.378 e. The second-order valence-electron chi connectivity index (χ2n) is 6.01. The van der Waals surface area contributed by atoms with E-state index in [0.717, 1.165) is 10.2 Å². The van der Waals surface area contributed by atoms with Crippen molar-refractivity contribution in [2.75, 3.05) is 43.5 Å². The summed E-state index contributed by atoms with van der Waals surface area (Å²) in [6.07, 6.45) is 0. The summed E-state index contributed by atoms with van der Waals surface area (Å²) in [7, 11) is 0. The van der Waals surface area contributed by atoms with E-state index in [0.29, 0.717) is 42.6 Å². The molecule has 0 atom stereocenters. The molecule has 1 heterocycles. The third-order valence-electron chi connectivity index (χ3n) is 4.08. The molecule has 27 heavy (non-hydrogen) atoms. The number of anilines is 2. The molecule has 2 aromatic rings. The molecular weight excluding hydrogens is 434 g/mol. The van der Waals surface area contributed by atoms with Crippen LogP contribution in [0.5, 0.6) is 0 Å². The Morgan fingerprint density at radius 3 is 2.41 bits per heavy atom. The van der Waals surface area contributed by atoms with E-state index in [-0.39, 0.29) is 18.4 Å². The van der Waals surface area contributed by atoms with Gasteiger partial charge in [0.15, 0.2) is 0 Å². The average molecular weight is 453 g/mol. The molecule has 0 unspecified atom stereocenters. The molecule has 0 spiro atoms. The molecule has 1 aliphatic rings. The normalized spacial score (nSPS) is 13.9. The number of nitrogens with one attached hydrogen (secondary N) is 2. The smallest absolute Gasteiger partial charge is 0.255 e. The predicted molar refractivity (Wildman–Crippen MR) is 109 cm³/mol. The number of carbonyl (C=O) groups is 2. The Bertz CT molecular complexity index is 823. The minimum absolute atomic E-state index is 0.0865. The first-order chi connectivity index (χ1) is 13.0. The van der Waals surface area contributed by atoms with Crippen molar-refractivity contribution < 1.29 is 14.3 Å². The van der Waals surface area contributed by atoms with E-state index in [1.165, 1.54) is 0 Å². The molecule has 1 aliphatic heterocycles. The highest BCUT2D eigenvalue weighted by atomic mass is 79.9. The third-order valence-corrected chi connectivity index (χ3v) is 4.92. The molecule has 8 heteroatoms. The van der Waals surface area contributed by atoms with Gasteiger partial charge in [-0.15, -0.1) is 0 Å². The summed E-state index contributed by atoms with van der Waals surface area (Å²) in [5.41, 5.74) is 1.84. The lowest BCUT2D eigenvalue weighted by Gasteiger charge is -2.27. The van der Waals surface area contributed by atoms with Crippen LogP contribution in [0, 0.1) is 0 Å². The molecule has 142 valence electrons. The van der Waals surface area contributed by atoms with Gasteiger partial charge in [-0.25, -0.2) is 0 Å². The molecule has 1 fully saturated rings. The first kappa shape index (κ1) is 19.7. The molecular formula is C19H19BrClN3O3. The third kappa shape index (κ3) is 5.45. The highest BCUT2D eigenvalue weighted by molar-refractivity contribution is 9.10. The van der Waals surface area contributed by atoms with Gasteiger partial charge in [0, 0.05) is 28.9 Å². The zero-order chi connectivity index (χ0) is 19.2. The quantitative estimate of drug-likeness (QED) is 0.727. The minimum atomic E-state index is -0.179. The Hall–Kier alpha value is -2.09. The zero-order valence-electron chi connectivity index (χ0n) is 14.5. The van der Waals surface area contributed by atoms with Crippen LogP contribution < -0.4 is 10.6 Å². The number of rotatable bonds is 5. The van der Waals surface area contributed by atoms with Gasteiger partial charge in [0.1, 0.15) is 0 Å². The van der Waals surface area contributed by atoms with E-state index in [9.17, 15) is 9.59 Å². The van der Waals surface area contributed by atoms with E-state index in [2.05, 4.69) is 26.6 Å². The monoisotopic (exact) mass is 451 g/mol. The van der Waals surface area contributed by atoms with Crippen molar-refractivity contribution in [2.45, 2.75) is 0 Å². The lowest BCUT2D eigenvalue weighted by Crippen LogP contribution is -2.40. The molecule has 2 N–H and O–H groups in total. The van der Waals surface area contributed by atoms with Gasteiger partial charge >= 0.3 is 0 Å². The highest BCUT2D eigenvalue weighted by Crippen LogP contribution is 2.23. The predicted octanol–water partition coefficient (Wildman–Crippen LogP) is 3.63. The lowest BCUT2D eigenvalue weighted by atomic mass is 10.1. The van der Waals surface area contributed by atoms with Gasteiger partial charge in [0.2, 0.25) is 5.91 Å². The number of carbonyl (C=O) groups excluding carboxylic acids is 2. The van der Waals surface area contributed by atoms with Crippen LogP contribution in [0.25, 0.3) is 0 Å². The van der Waals surface area contributed by atoms with Crippen LogP contribution in [-0.2, 0) is 9.53 Å². The summed E-state index contributed by atoms with van der Waals surface area (Å²) in [6, 6.07) is 12.4. The van der Waals surface area contributed by atoms with Crippen LogP contribution in [0.3, 0.4) is 0 Å². The summed E-state index contributed by atoms with van der Waals surface area (Å²) in [5, 5.41) is 6.16. The van der Waals surface area contributed by atoms with E-state index in [1.54, 1.807) is 23.1 Å². The number of hydrogen-bond donors (Lipinski definition) is 2. The fourth-order valence-electron chi connectivity index (χ4n) is 2.66. The van der Waals surface area contributed by atoms with Crippen LogP contribution in [0.2, 0.25) is 5.02 Å². The zero-order valence-corrected chi connectivity index (χ0v) is 16.8. The molecule has 0 radical (unpaired) electrons. The van der Waals surface area contributed by atoms with Crippen LogP contribution in [-0.4, -0.2) is 49.6 Å². The number of nitrogens with zero attached hydrogens (tertiary/aromatic N) is 1. The van der Waals surface area contributed by atoms with Crippen molar-refractivity contribution in [3.05, 3.63) is 57.5 Å². The Kier molecular flexibility index (Phi) is 6.71. The van der Waals surface area contributed by atoms with Crippen molar-refractivity contribution in [3.8, 4) is 0 Å². The summed E-state index contributed by atoms with van der Waals surface area (Å²) in [6.45, 7) is 2.28. The number of morpholine rings is 1. The first-order valence-electron chi connectivity index (χ1n) is 8.49. The summed E-state index contributed by atoms with van der Waals surface area (Å²) < 4.78 is 6.21. The number of amides is 2. The van der Waals surface area contributed by atoms with Crippen LogP contribution >= 0.6 is 27.5 Å². The SMILES string of the molecule is O=C(CNc1ccc(C(=O)N2CCOCC2)c(Cl)c1)Nc1ccc(Br)cc1. The molecule has 0 bridgehead atoms. The van der Waals surface area contributed by atoms with E-state index < -0.39 is 0 Å². The maximum atomic E-state index is 12.5. The Morgan fingerprint density at radius 1 is 1.07 bits per heavy atom. The Balaban J connectivity index is 1.56. The van der Waals surface area contributed by atoms with E-state index >= 15 is 0 Å². The second-order valence-corrected chi connectivity index (χ2v) is 7.33. The van der Waals surface area contributed by atoms with E-state index in [1.807, 2.05) is 24.3 Å². The van der Waals surface area contributed by atoms with Gasteiger partial charge in [0.25, 0.3) is 5.91 Å². The number of hydrogen-bond acceptors (Lipinski definition) is 4. The van der Waals surface area contributed by atoms with Crippen molar-refractivity contribution in [3.63, 3.8) is 0 Å². The maximum Gasteiger partial charge on any atom is 0.255 e. The van der Waals surface area contributed by atoms with Crippen molar-refractivity contribution in [1.29, 1.82) is 0 Å². The van der Waals surface area contributed by atoms with Crippen LogP contribution in [0.15, 0.2) is 46.9 Å². The first-order valence-corrected chi connectivity index (χ1v) is 9.66. The molecule has 2 amide bonds. The Labute approximate surface area is 171 Å². The molecule has 1 saturated heterocycles. The molecule has 3 rings (SSSR count). The summed E-state index contributed by atoms with van der Waals surface area (Å²) >= 11 is 9.63. The average Bonchev–Trinajstić information content (AvgIpc) is 2.68. The van der Waals surface area contributed by atoms with E-state index in [4.69, 9.17) is 16.3 Å². The fourth-order valence-corrected chi connectivity index (χ4v) is 3.18. The van der Waals surface area contributed by atoms with Gasteiger partial charge in [-0.3, -0.25) is 9.59 Å². The topological polar surface area (TPSA) is 70.7 Å². The Morgan fingerprint density at radius 2 is 1.74 bits per heavy atom. The standard InChI is InChI=1S/C19H19BrClN3O3/c20-13-1-3-14(4-2-13)23-18(25)12-22-15-5-6-16(17(21)11-15)19(26)24-7-9-27-10-8-24/h1-6,11,22H,7-10,12H2,(H,23,25). The van der Waals surface area contributed by atoms with Gasteiger partial charge in [-0.05, 0) is 42.5 Å². The molecule has 0 aromatic heterocycles. The second kappa shape index (κ2) is 9.21. The summed E-state index contributed by atoms with van der Waals surface area (Å²) in [5.74, 6) is -0.287. The highest BCUT2D eigenvalue weighted by Gasteiger charge is 2.20. The number of ether oxygens (including phenoxy) is 1. The molecule has 0 saturated carbocycles. The van der Waals surface area contributed by atoms with Gasteiger partial charge in [-0.2, -0.15) is 0 Å². The van der Waals surface area contributed by atoms with Crippen molar-refractivity contribution >= 4 is 50.7 Å². The van der Waals surface area contributed by atoms with Gasteiger partial charge < -0.3 is 20.3 Å². The van der Waals surface area contributed by atoms with Crippen molar-refractivity contribution in [1.82, 2.24) is 4.90 Å². The number of benzene rings is 2. The molecule has 2 aromatic carbocycles. The largest absolute Gasteiger partial charge is 0.378 e. The molecule has 0 aliphatic carbocycles. The van der Waals surface area contributed by atoms with Crippen molar-refractivity contribution in [2.24, 2.45) is 0 Å². The number of halogens is 2. The van der Waals surface area contributed by atoms with Crippen LogP contribution in [0.4, 0.5) is 11.4 Å². The molecule has 6 nitrogen and oxygen atoms in total. The lowest BCUT2D eigenvalue weighted by molar-refractivity contribution is -0.114. The summed E-state index contributed by atoms with van der Waals surface area (Å²) in [4.78, 5) is 26.3. The van der Waals surface area contributed by atoms with Crippen LogP contribution in [0.1, 0.15) is 10.4 Å².